The number of hydrogen-bond donors (Lipinski definition) is 2. The Morgan fingerprint density at radius 3 is 2.40 bits per heavy atom. The highest BCUT2D eigenvalue weighted by Crippen LogP contribution is 2.49. The summed E-state index contributed by atoms with van der Waals surface area (Å²) in [6.07, 6.45) is 6.71. The van der Waals surface area contributed by atoms with Gasteiger partial charge in [-0.3, -0.25) is 38.8 Å². The van der Waals surface area contributed by atoms with Crippen LogP contribution in [0.2, 0.25) is 0 Å². The minimum atomic E-state index is -4.35. The third kappa shape index (κ3) is 7.56. The van der Waals surface area contributed by atoms with Gasteiger partial charge in [-0.15, -0.1) is 0 Å². The number of sulfonamides is 1. The van der Waals surface area contributed by atoms with Gasteiger partial charge in [-0.1, -0.05) is 5.16 Å². The van der Waals surface area contributed by atoms with E-state index in [4.69, 9.17) is 18.7 Å². The van der Waals surface area contributed by atoms with Gasteiger partial charge in [0.1, 0.15) is 22.9 Å². The number of hydrogen-bond acceptors (Lipinski definition) is 15. The van der Waals surface area contributed by atoms with Crippen LogP contribution in [0.25, 0.3) is 11.0 Å². The van der Waals surface area contributed by atoms with Gasteiger partial charge in [0.25, 0.3) is 21.8 Å². The summed E-state index contributed by atoms with van der Waals surface area (Å²) in [5, 5.41) is 11.0. The van der Waals surface area contributed by atoms with Crippen LogP contribution >= 0.6 is 0 Å². The Labute approximate surface area is 374 Å². The number of amides is 4. The maximum Gasteiger partial charge on any atom is 0.270 e. The number of carbonyl (C=O) groups is 4. The van der Waals surface area contributed by atoms with Crippen molar-refractivity contribution in [1.29, 1.82) is 0 Å². The number of nitrogens with zero attached hydrogens (tertiary/aromatic N) is 7. The first kappa shape index (κ1) is 42.3. The van der Waals surface area contributed by atoms with E-state index >= 15 is 0 Å². The van der Waals surface area contributed by atoms with Crippen LogP contribution in [-0.2, 0) is 26.2 Å². The lowest BCUT2D eigenvalue weighted by Gasteiger charge is -2.55. The lowest BCUT2D eigenvalue weighted by atomic mass is 9.71. The highest BCUT2D eigenvalue weighted by atomic mass is 32.2. The number of aromatic nitrogens is 3. The van der Waals surface area contributed by atoms with Gasteiger partial charge in [-0.25, -0.2) is 8.42 Å². The van der Waals surface area contributed by atoms with Crippen molar-refractivity contribution in [2.45, 2.75) is 49.6 Å². The molecule has 5 aromatic rings. The summed E-state index contributed by atoms with van der Waals surface area (Å²) in [7, 11) is 0.0135. The third-order valence-corrected chi connectivity index (χ3v) is 15.0. The van der Waals surface area contributed by atoms with Crippen LogP contribution in [0, 0.1) is 11.3 Å². The quantitative estimate of drug-likeness (QED) is 0.161. The number of rotatable bonds is 13. The Kier molecular flexibility index (Phi) is 10.7. The number of imide groups is 2. The van der Waals surface area contributed by atoms with Gasteiger partial charge in [0.05, 0.1) is 44.7 Å². The zero-order valence-corrected chi connectivity index (χ0v) is 37.1. The van der Waals surface area contributed by atoms with Crippen LogP contribution in [-0.4, -0.2) is 130 Å². The Morgan fingerprint density at radius 1 is 0.892 bits per heavy atom. The monoisotopic (exact) mass is 907 g/mol. The molecule has 7 heterocycles. The van der Waals surface area contributed by atoms with Crippen molar-refractivity contribution in [2.75, 3.05) is 81.7 Å². The van der Waals surface area contributed by atoms with Gasteiger partial charge >= 0.3 is 0 Å². The molecule has 0 radical (unpaired) electrons. The average molecular weight is 908 g/mol. The summed E-state index contributed by atoms with van der Waals surface area (Å²) >= 11 is 0. The first-order chi connectivity index (χ1) is 31.4. The minimum absolute atomic E-state index is 0.0329. The fraction of sp³-hybridized carbons (Fsp3) is 0.422. The number of nitrogens with one attached hydrogen (secondary N) is 2. The SMILES string of the molecule is COc1ccc(N2CC3(CCN(C[C@@H]4CCN(c5ccc6c(c5)C(=O)N(C5CCC(=O)NC5=O)C6=O)C4)CC3)C2)c(OC)c1S(=O)(=O)Nc1noc2cc(Cn3cccn3)cc(OC)c12. The highest BCUT2D eigenvalue weighted by Gasteiger charge is 2.48. The van der Waals surface area contributed by atoms with E-state index in [0.29, 0.717) is 34.9 Å². The Bertz CT molecular complexity index is 2830. The standard InChI is InChI=1S/C45H49N9O10S/c1-61-34-9-7-32(39(63-3)40(34)65(59,60)49-41-38-35(62-2)19-28(20-36(38)64-48-41)24-53-15-4-14-46-53)52-25-45(26-52)12-17-50(18-13-45)22-27-11-16-51(23-27)29-5-6-30-31(21-29)44(58)54(43(30)57)33-8-10-37(55)47-42(33)56/h4-7,9,14-15,19-21,27,33H,8,10-13,16-18,22-26H2,1-3H3,(H,48,49)(H,47,55,56)/t27-,33?/m0/s1. The normalized spacial score (nSPS) is 20.9. The number of ether oxygens (including phenoxy) is 3. The molecule has 19 nitrogen and oxygen atoms in total. The van der Waals surface area contributed by atoms with Crippen LogP contribution in [0.5, 0.6) is 17.2 Å². The second-order valence-corrected chi connectivity index (χ2v) is 19.2. The summed E-state index contributed by atoms with van der Waals surface area (Å²) in [5.74, 6) is -0.979. The minimum Gasteiger partial charge on any atom is -0.496 e. The maximum atomic E-state index is 14.3. The molecule has 4 fully saturated rings. The highest BCUT2D eigenvalue weighted by molar-refractivity contribution is 7.93. The summed E-state index contributed by atoms with van der Waals surface area (Å²) in [6, 6.07) is 13.2. The number of carbonyl (C=O) groups excluding carboxylic acids is 4. The topological polar surface area (TPSA) is 211 Å². The molecule has 65 heavy (non-hydrogen) atoms. The number of fused-ring (bicyclic) bond motifs is 2. The van der Waals surface area contributed by atoms with Crippen LogP contribution < -0.4 is 34.0 Å². The molecule has 2 N–H and O–H groups in total. The molecule has 20 heteroatoms. The zero-order chi connectivity index (χ0) is 45.2. The lowest BCUT2D eigenvalue weighted by molar-refractivity contribution is -0.136. The van der Waals surface area contributed by atoms with Crippen molar-refractivity contribution < 1.29 is 46.3 Å². The van der Waals surface area contributed by atoms with Crippen molar-refractivity contribution in [1.82, 2.24) is 30.1 Å². The van der Waals surface area contributed by atoms with Crippen molar-refractivity contribution in [2.24, 2.45) is 11.3 Å². The van der Waals surface area contributed by atoms with Gasteiger partial charge in [0, 0.05) is 62.6 Å². The number of piperidine rings is 2. The predicted molar refractivity (Wildman–Crippen MR) is 236 cm³/mol. The van der Waals surface area contributed by atoms with E-state index < -0.39 is 39.7 Å². The summed E-state index contributed by atoms with van der Waals surface area (Å²) < 4.78 is 55.7. The second-order valence-electron chi connectivity index (χ2n) is 17.6. The van der Waals surface area contributed by atoms with Crippen molar-refractivity contribution in [3.8, 4) is 17.2 Å². The number of likely N-dealkylation sites (tertiary alicyclic amines) is 1. The third-order valence-electron chi connectivity index (χ3n) is 13.6. The van der Waals surface area contributed by atoms with E-state index in [-0.39, 0.29) is 51.6 Å². The van der Waals surface area contributed by atoms with E-state index in [0.717, 1.165) is 81.2 Å². The summed E-state index contributed by atoms with van der Waals surface area (Å²) in [6.45, 7) is 6.42. The Balaban J connectivity index is 0.767. The molecule has 10 rings (SSSR count). The summed E-state index contributed by atoms with van der Waals surface area (Å²) in [4.78, 5) is 58.6. The molecule has 5 aliphatic heterocycles. The molecule has 3 aromatic carbocycles. The van der Waals surface area contributed by atoms with Crippen LogP contribution in [0.15, 0.2) is 70.3 Å². The zero-order valence-electron chi connectivity index (χ0n) is 36.2. The van der Waals surface area contributed by atoms with Crippen LogP contribution in [0.1, 0.15) is 58.4 Å². The molecule has 0 aliphatic carbocycles. The van der Waals surface area contributed by atoms with Crippen molar-refractivity contribution >= 4 is 61.8 Å². The van der Waals surface area contributed by atoms with Crippen LogP contribution in [0.3, 0.4) is 0 Å². The fourth-order valence-electron chi connectivity index (χ4n) is 10.3. The number of benzene rings is 3. The Morgan fingerprint density at radius 2 is 1.68 bits per heavy atom. The number of anilines is 3. The molecular formula is C45H49N9O10S. The van der Waals surface area contributed by atoms with Gasteiger partial charge in [-0.2, -0.15) is 5.10 Å². The molecule has 0 bridgehead atoms. The first-order valence-electron chi connectivity index (χ1n) is 21.7. The largest absolute Gasteiger partial charge is 0.496 e. The lowest BCUT2D eigenvalue weighted by Crippen LogP contribution is -2.60. The molecule has 4 saturated heterocycles. The molecule has 2 atom stereocenters. The fourth-order valence-corrected chi connectivity index (χ4v) is 11.6. The number of methoxy groups -OCH3 is 3. The smallest absolute Gasteiger partial charge is 0.270 e. The Hall–Kier alpha value is -6.67. The van der Waals surface area contributed by atoms with Crippen molar-refractivity contribution in [3.05, 3.63) is 77.6 Å². The van der Waals surface area contributed by atoms with E-state index in [1.54, 1.807) is 41.2 Å². The molecule has 1 spiro atoms. The average Bonchev–Trinajstić information content (AvgIpc) is 4.11. The van der Waals surface area contributed by atoms with Gasteiger partial charge in [0.2, 0.25) is 11.8 Å². The van der Waals surface area contributed by atoms with Crippen LogP contribution in [0.4, 0.5) is 17.2 Å². The molecule has 2 aromatic heterocycles. The van der Waals surface area contributed by atoms with E-state index in [2.05, 4.69) is 35.0 Å². The molecule has 5 aliphatic rings. The van der Waals surface area contributed by atoms with Crippen molar-refractivity contribution in [3.63, 3.8) is 0 Å². The molecule has 1 unspecified atom stereocenters. The summed E-state index contributed by atoms with van der Waals surface area (Å²) in [5.41, 5.74) is 3.35. The maximum absolute atomic E-state index is 14.3. The van der Waals surface area contributed by atoms with Gasteiger partial charge in [0.15, 0.2) is 22.0 Å². The first-order valence-corrected chi connectivity index (χ1v) is 23.2. The van der Waals surface area contributed by atoms with Gasteiger partial charge in [-0.05, 0) is 98.8 Å². The van der Waals surface area contributed by atoms with Gasteiger partial charge < -0.3 is 33.4 Å². The second kappa shape index (κ2) is 16.4. The molecular weight excluding hydrogens is 859 g/mol. The molecule has 340 valence electrons. The van der Waals surface area contributed by atoms with E-state index in [9.17, 15) is 27.6 Å². The molecule has 0 saturated carbocycles. The predicted octanol–water partition coefficient (Wildman–Crippen LogP) is 3.73. The molecule has 4 amide bonds. The van der Waals surface area contributed by atoms with E-state index in [1.807, 2.05) is 24.4 Å². The van der Waals surface area contributed by atoms with E-state index in [1.165, 1.54) is 21.3 Å².